The van der Waals surface area contributed by atoms with Crippen molar-refractivity contribution in [2.24, 2.45) is 5.92 Å². The number of carbonyl (C=O) groups excluding carboxylic acids is 1. The molecule has 0 aromatic heterocycles. The Morgan fingerprint density at radius 1 is 1.37 bits per heavy atom. The number of sulfone groups is 1. The number of carbonyl (C=O) groups is 1. The Morgan fingerprint density at radius 2 is 1.95 bits per heavy atom. The van der Waals surface area contributed by atoms with E-state index in [-0.39, 0.29) is 17.2 Å². The predicted octanol–water partition coefficient (Wildman–Crippen LogP) is 0.610. The van der Waals surface area contributed by atoms with Crippen molar-refractivity contribution in [2.45, 2.75) is 32.7 Å². The van der Waals surface area contributed by atoms with E-state index in [1.165, 1.54) is 6.26 Å². The second kappa shape index (κ2) is 5.79. The van der Waals surface area contributed by atoms with Crippen LogP contribution in [0.2, 0.25) is 0 Å². The summed E-state index contributed by atoms with van der Waals surface area (Å²) in [5, 5.41) is 0. The lowest BCUT2D eigenvalue weighted by molar-refractivity contribution is -0.131. The molecular weight excluding hydrogens is 264 g/mol. The maximum absolute atomic E-state index is 11.9. The van der Waals surface area contributed by atoms with Crippen molar-refractivity contribution < 1.29 is 13.2 Å². The van der Waals surface area contributed by atoms with Crippen LogP contribution in [0.4, 0.5) is 0 Å². The molecule has 5 nitrogen and oxygen atoms in total. The molecule has 0 aromatic carbocycles. The van der Waals surface area contributed by atoms with E-state index in [1.807, 2.05) is 37.6 Å². The van der Waals surface area contributed by atoms with Crippen molar-refractivity contribution in [2.75, 3.05) is 38.7 Å². The largest absolute Gasteiger partial charge is 0.338 e. The molecule has 0 radical (unpaired) electrons. The van der Waals surface area contributed by atoms with Crippen molar-refractivity contribution in [3.05, 3.63) is 0 Å². The van der Waals surface area contributed by atoms with Crippen LogP contribution in [0.5, 0.6) is 0 Å². The van der Waals surface area contributed by atoms with Gasteiger partial charge >= 0.3 is 0 Å². The highest BCUT2D eigenvalue weighted by Crippen LogP contribution is 2.26. The minimum absolute atomic E-state index is 0.128. The van der Waals surface area contributed by atoms with Gasteiger partial charge in [0.2, 0.25) is 5.91 Å². The summed E-state index contributed by atoms with van der Waals surface area (Å²) in [5.41, 5.74) is -0.128. The summed E-state index contributed by atoms with van der Waals surface area (Å²) in [5.74, 6) is 0.679. The lowest BCUT2D eigenvalue weighted by Gasteiger charge is -2.32. The van der Waals surface area contributed by atoms with Gasteiger partial charge in [0.15, 0.2) is 0 Å². The number of hydrogen-bond donors (Lipinski definition) is 0. The molecule has 1 rings (SSSR count). The van der Waals surface area contributed by atoms with E-state index < -0.39 is 9.84 Å². The molecule has 1 atom stereocenters. The topological polar surface area (TPSA) is 57.7 Å². The molecule has 19 heavy (non-hydrogen) atoms. The zero-order valence-corrected chi connectivity index (χ0v) is 13.5. The smallest absolute Gasteiger partial charge is 0.223 e. The lowest BCUT2D eigenvalue weighted by Crippen LogP contribution is -2.42. The first-order valence-corrected chi connectivity index (χ1v) is 8.72. The normalized spacial score (nSPS) is 21.5. The van der Waals surface area contributed by atoms with E-state index in [9.17, 15) is 13.2 Å². The molecule has 1 saturated heterocycles. The van der Waals surface area contributed by atoms with Crippen LogP contribution in [-0.2, 0) is 14.6 Å². The van der Waals surface area contributed by atoms with Gasteiger partial charge in [0.25, 0.3) is 0 Å². The van der Waals surface area contributed by atoms with Crippen LogP contribution in [-0.4, -0.2) is 68.4 Å². The van der Waals surface area contributed by atoms with E-state index in [0.29, 0.717) is 18.9 Å². The van der Waals surface area contributed by atoms with E-state index in [4.69, 9.17) is 0 Å². The van der Waals surface area contributed by atoms with Crippen molar-refractivity contribution in [3.63, 3.8) is 0 Å². The monoisotopic (exact) mass is 290 g/mol. The first-order chi connectivity index (χ1) is 8.49. The van der Waals surface area contributed by atoms with E-state index >= 15 is 0 Å². The first kappa shape index (κ1) is 16.4. The molecule has 0 unspecified atom stereocenters. The van der Waals surface area contributed by atoms with Gasteiger partial charge in [-0.3, -0.25) is 4.79 Å². The zero-order chi connectivity index (χ0) is 14.8. The van der Waals surface area contributed by atoms with Crippen LogP contribution in [0.3, 0.4) is 0 Å². The number of nitrogens with zero attached hydrogens (tertiary/aromatic N) is 2. The Labute approximate surface area is 116 Å². The number of hydrogen-bond acceptors (Lipinski definition) is 4. The number of amides is 1. The third kappa shape index (κ3) is 5.48. The van der Waals surface area contributed by atoms with Crippen molar-refractivity contribution >= 4 is 15.7 Å². The predicted molar refractivity (Wildman–Crippen MR) is 76.8 cm³/mol. The Morgan fingerprint density at radius 3 is 2.37 bits per heavy atom. The van der Waals surface area contributed by atoms with Crippen molar-refractivity contribution in [1.82, 2.24) is 9.80 Å². The molecule has 6 heteroatoms. The molecule has 1 heterocycles. The second-order valence-electron chi connectivity index (χ2n) is 6.64. The fraction of sp³-hybridized carbons (Fsp3) is 0.923. The summed E-state index contributed by atoms with van der Waals surface area (Å²) in [6.45, 7) is 8.19. The molecule has 0 aromatic rings. The first-order valence-electron chi connectivity index (χ1n) is 6.66. The van der Waals surface area contributed by atoms with E-state index in [2.05, 4.69) is 0 Å². The Balaban J connectivity index is 2.45. The van der Waals surface area contributed by atoms with Gasteiger partial charge in [-0.1, -0.05) is 0 Å². The highest BCUT2D eigenvalue weighted by molar-refractivity contribution is 7.90. The Hall–Kier alpha value is -0.620. The lowest BCUT2D eigenvalue weighted by atomic mass is 10.1. The highest BCUT2D eigenvalue weighted by atomic mass is 32.2. The average molecular weight is 290 g/mol. The fourth-order valence-corrected chi connectivity index (χ4v) is 3.05. The SMILES string of the molecule is CN(CCS(C)(=O)=O)C[C@H]1CC(=O)N(C(C)(C)C)C1. The van der Waals surface area contributed by atoms with Gasteiger partial charge < -0.3 is 9.80 Å². The minimum atomic E-state index is -2.92. The molecular formula is C13H26N2O3S. The summed E-state index contributed by atoms with van der Waals surface area (Å²) >= 11 is 0. The van der Waals surface area contributed by atoms with Crippen LogP contribution in [0, 0.1) is 5.92 Å². The Bertz CT molecular complexity index is 426. The summed E-state index contributed by atoms with van der Waals surface area (Å²) < 4.78 is 22.2. The molecule has 1 aliphatic heterocycles. The molecule has 0 saturated carbocycles. The van der Waals surface area contributed by atoms with E-state index in [0.717, 1.165) is 13.1 Å². The van der Waals surface area contributed by atoms with Gasteiger partial charge in [0.1, 0.15) is 9.84 Å². The molecule has 1 aliphatic rings. The molecule has 0 spiro atoms. The average Bonchev–Trinajstić information content (AvgIpc) is 2.55. The Kier molecular flexibility index (Phi) is 5.01. The molecule has 0 aliphatic carbocycles. The van der Waals surface area contributed by atoms with Gasteiger partial charge in [0, 0.05) is 37.8 Å². The quantitative estimate of drug-likeness (QED) is 0.744. The maximum Gasteiger partial charge on any atom is 0.223 e. The van der Waals surface area contributed by atoms with Gasteiger partial charge in [-0.15, -0.1) is 0 Å². The van der Waals surface area contributed by atoms with Crippen LogP contribution in [0.15, 0.2) is 0 Å². The van der Waals surface area contributed by atoms with E-state index in [1.54, 1.807) is 0 Å². The third-order valence-electron chi connectivity index (χ3n) is 3.43. The van der Waals surface area contributed by atoms with Gasteiger partial charge in [-0.05, 0) is 33.7 Å². The molecule has 0 bridgehead atoms. The second-order valence-corrected chi connectivity index (χ2v) is 8.90. The van der Waals surface area contributed by atoms with Gasteiger partial charge in [0.05, 0.1) is 5.75 Å². The maximum atomic E-state index is 11.9. The summed E-state index contributed by atoms with van der Waals surface area (Å²) in [4.78, 5) is 15.9. The molecule has 0 N–H and O–H groups in total. The van der Waals surface area contributed by atoms with Crippen LogP contribution in [0.1, 0.15) is 27.2 Å². The minimum Gasteiger partial charge on any atom is -0.338 e. The standard InChI is InChI=1S/C13H26N2O3S/c1-13(2,3)15-10-11(8-12(15)16)9-14(4)6-7-19(5,17)18/h11H,6-10H2,1-5H3/t11-/m1/s1. The highest BCUT2D eigenvalue weighted by Gasteiger charge is 2.36. The molecule has 1 fully saturated rings. The van der Waals surface area contributed by atoms with Gasteiger partial charge in [-0.25, -0.2) is 8.42 Å². The summed E-state index contributed by atoms with van der Waals surface area (Å²) in [6, 6.07) is 0. The number of likely N-dealkylation sites (tertiary alicyclic amines) is 1. The van der Waals surface area contributed by atoms with Gasteiger partial charge in [-0.2, -0.15) is 0 Å². The van der Waals surface area contributed by atoms with Crippen LogP contribution >= 0.6 is 0 Å². The van der Waals surface area contributed by atoms with Crippen LogP contribution < -0.4 is 0 Å². The molecule has 1 amide bonds. The number of rotatable bonds is 5. The molecule has 112 valence electrons. The summed E-state index contributed by atoms with van der Waals surface area (Å²) in [6.07, 6.45) is 1.82. The van der Waals surface area contributed by atoms with Crippen LogP contribution in [0.25, 0.3) is 0 Å². The fourth-order valence-electron chi connectivity index (χ4n) is 2.41. The van der Waals surface area contributed by atoms with Crippen molar-refractivity contribution in [3.8, 4) is 0 Å². The summed E-state index contributed by atoms with van der Waals surface area (Å²) in [7, 11) is -1.00. The third-order valence-corrected chi connectivity index (χ3v) is 4.35. The zero-order valence-electron chi connectivity index (χ0n) is 12.6. The van der Waals surface area contributed by atoms with Crippen molar-refractivity contribution in [1.29, 1.82) is 0 Å².